The Hall–Kier alpha value is -4.64. The highest BCUT2D eigenvalue weighted by Crippen LogP contribution is 2.33. The number of benzene rings is 2. The standard InChI is InChI=1S/C30H29N5O5S/c1-38-23-7-5-22(6-8-23)24-9-11-28(32-31-24)33-12-14-34(15-13-33)29(36)19-35(30(37)27-3-2-16-41-27)18-21-4-10-25-26(17-21)40-20-39-25/h2-11,16-17H,12-15,18-20H2,1H3. The maximum absolute atomic E-state index is 13.4. The molecule has 2 aliphatic heterocycles. The molecule has 10 nitrogen and oxygen atoms in total. The van der Waals surface area contributed by atoms with Crippen LogP contribution in [0.25, 0.3) is 11.3 Å². The van der Waals surface area contributed by atoms with Crippen LogP contribution in [0.1, 0.15) is 15.2 Å². The summed E-state index contributed by atoms with van der Waals surface area (Å²) in [5.41, 5.74) is 2.61. The van der Waals surface area contributed by atoms with Crippen molar-refractivity contribution in [3.05, 3.63) is 82.6 Å². The Labute approximate surface area is 241 Å². The summed E-state index contributed by atoms with van der Waals surface area (Å²) in [6.07, 6.45) is 0. The first-order valence-corrected chi connectivity index (χ1v) is 14.2. The number of carbonyl (C=O) groups excluding carboxylic acids is 2. The zero-order chi connectivity index (χ0) is 28.2. The number of carbonyl (C=O) groups is 2. The van der Waals surface area contributed by atoms with Crippen molar-refractivity contribution in [2.45, 2.75) is 6.54 Å². The Kier molecular flexibility index (Phi) is 7.68. The van der Waals surface area contributed by atoms with Crippen molar-refractivity contribution >= 4 is 29.0 Å². The number of piperazine rings is 1. The predicted molar refractivity (Wildman–Crippen MR) is 154 cm³/mol. The minimum Gasteiger partial charge on any atom is -0.497 e. The van der Waals surface area contributed by atoms with E-state index in [4.69, 9.17) is 14.2 Å². The van der Waals surface area contributed by atoms with Gasteiger partial charge in [-0.05, 0) is 65.5 Å². The van der Waals surface area contributed by atoms with Crippen LogP contribution in [-0.4, -0.2) is 78.4 Å². The number of thiophene rings is 1. The SMILES string of the molecule is COc1ccc(-c2ccc(N3CCN(C(=O)CN(Cc4ccc5c(c4)OCO5)C(=O)c4cccs4)CC3)nn2)cc1. The average molecular weight is 572 g/mol. The monoisotopic (exact) mass is 571 g/mol. The third-order valence-electron chi connectivity index (χ3n) is 7.15. The fourth-order valence-corrected chi connectivity index (χ4v) is 5.56. The molecule has 0 aliphatic carbocycles. The van der Waals surface area contributed by atoms with E-state index in [2.05, 4.69) is 15.1 Å². The van der Waals surface area contributed by atoms with E-state index in [1.807, 2.05) is 70.9 Å². The lowest BCUT2D eigenvalue weighted by molar-refractivity contribution is -0.132. The van der Waals surface area contributed by atoms with Crippen molar-refractivity contribution in [2.75, 3.05) is 51.5 Å². The highest BCUT2D eigenvalue weighted by atomic mass is 32.1. The van der Waals surface area contributed by atoms with Crippen molar-refractivity contribution in [1.29, 1.82) is 0 Å². The van der Waals surface area contributed by atoms with Crippen molar-refractivity contribution < 1.29 is 23.8 Å². The molecule has 1 fully saturated rings. The fourth-order valence-electron chi connectivity index (χ4n) is 4.87. The molecule has 0 atom stereocenters. The van der Waals surface area contributed by atoms with Gasteiger partial charge in [0.15, 0.2) is 17.3 Å². The van der Waals surface area contributed by atoms with E-state index in [0.29, 0.717) is 42.6 Å². The van der Waals surface area contributed by atoms with E-state index >= 15 is 0 Å². The molecule has 0 radical (unpaired) electrons. The third kappa shape index (κ3) is 5.94. The van der Waals surface area contributed by atoms with Crippen LogP contribution >= 0.6 is 11.3 Å². The molecule has 6 rings (SSSR count). The first-order valence-electron chi connectivity index (χ1n) is 13.3. The van der Waals surface area contributed by atoms with E-state index < -0.39 is 0 Å². The molecular formula is C30H29N5O5S. The molecule has 1 saturated heterocycles. The van der Waals surface area contributed by atoms with Crippen LogP contribution in [0.15, 0.2) is 72.1 Å². The maximum atomic E-state index is 13.4. The molecule has 0 unspecified atom stereocenters. The Morgan fingerprint density at radius 3 is 2.46 bits per heavy atom. The van der Waals surface area contributed by atoms with Crippen LogP contribution in [0.2, 0.25) is 0 Å². The van der Waals surface area contributed by atoms with Gasteiger partial charge in [-0.25, -0.2) is 0 Å². The maximum Gasteiger partial charge on any atom is 0.264 e. The number of aromatic nitrogens is 2. The molecule has 2 aromatic heterocycles. The summed E-state index contributed by atoms with van der Waals surface area (Å²) in [5, 5.41) is 10.7. The molecule has 0 spiro atoms. The lowest BCUT2D eigenvalue weighted by atomic mass is 10.1. The summed E-state index contributed by atoms with van der Waals surface area (Å²) in [4.78, 5) is 32.9. The largest absolute Gasteiger partial charge is 0.497 e. The zero-order valence-corrected chi connectivity index (χ0v) is 23.4. The highest BCUT2D eigenvalue weighted by Gasteiger charge is 2.27. The van der Waals surface area contributed by atoms with Crippen LogP contribution < -0.4 is 19.1 Å². The quantitative estimate of drug-likeness (QED) is 0.314. The lowest BCUT2D eigenvalue weighted by Crippen LogP contribution is -2.52. The van der Waals surface area contributed by atoms with Crippen LogP contribution in [0.3, 0.4) is 0 Å². The normalized spacial score (nSPS) is 14.2. The Morgan fingerprint density at radius 2 is 1.76 bits per heavy atom. The van der Waals surface area contributed by atoms with E-state index in [1.54, 1.807) is 18.1 Å². The molecule has 210 valence electrons. The second-order valence-electron chi connectivity index (χ2n) is 9.70. The molecule has 0 N–H and O–H groups in total. The van der Waals surface area contributed by atoms with Gasteiger partial charge in [-0.15, -0.1) is 21.5 Å². The molecule has 2 aliphatic rings. The Morgan fingerprint density at radius 1 is 0.951 bits per heavy atom. The minimum absolute atomic E-state index is 0.0124. The number of anilines is 1. The lowest BCUT2D eigenvalue weighted by Gasteiger charge is -2.36. The number of fused-ring (bicyclic) bond motifs is 1. The molecule has 4 aromatic rings. The summed E-state index contributed by atoms with van der Waals surface area (Å²) in [7, 11) is 1.64. The van der Waals surface area contributed by atoms with Gasteiger partial charge in [-0.3, -0.25) is 9.59 Å². The van der Waals surface area contributed by atoms with Crippen LogP contribution in [0.4, 0.5) is 5.82 Å². The first kappa shape index (κ1) is 26.6. The minimum atomic E-state index is -0.170. The van der Waals surface area contributed by atoms with Gasteiger partial charge in [0.05, 0.1) is 17.7 Å². The van der Waals surface area contributed by atoms with Crippen molar-refractivity contribution in [3.8, 4) is 28.5 Å². The van der Waals surface area contributed by atoms with Crippen LogP contribution in [0.5, 0.6) is 17.2 Å². The number of hydrogen-bond donors (Lipinski definition) is 0. The van der Waals surface area contributed by atoms with Crippen LogP contribution in [0, 0.1) is 0 Å². The van der Waals surface area contributed by atoms with Crippen LogP contribution in [-0.2, 0) is 11.3 Å². The van der Waals surface area contributed by atoms with E-state index in [9.17, 15) is 9.59 Å². The third-order valence-corrected chi connectivity index (χ3v) is 8.01. The van der Waals surface area contributed by atoms with Gasteiger partial charge >= 0.3 is 0 Å². The smallest absolute Gasteiger partial charge is 0.264 e. The Balaban J connectivity index is 1.08. The van der Waals surface area contributed by atoms with Crippen molar-refractivity contribution in [1.82, 2.24) is 20.0 Å². The topological polar surface area (TPSA) is 97.3 Å². The Bertz CT molecular complexity index is 1500. The molecule has 2 aromatic carbocycles. The first-order chi connectivity index (χ1) is 20.1. The molecule has 0 saturated carbocycles. The number of nitrogens with zero attached hydrogens (tertiary/aromatic N) is 5. The van der Waals surface area contributed by atoms with E-state index in [-0.39, 0.29) is 31.7 Å². The predicted octanol–water partition coefficient (Wildman–Crippen LogP) is 3.93. The van der Waals surface area contributed by atoms with Gasteiger partial charge in [0.25, 0.3) is 5.91 Å². The van der Waals surface area contributed by atoms with Gasteiger partial charge in [0.2, 0.25) is 12.7 Å². The van der Waals surface area contributed by atoms with Gasteiger partial charge in [0, 0.05) is 38.3 Å². The van der Waals surface area contributed by atoms with E-state index in [1.165, 1.54) is 11.3 Å². The second-order valence-corrected chi connectivity index (χ2v) is 10.6. The summed E-state index contributed by atoms with van der Waals surface area (Å²) in [6.45, 7) is 2.78. The zero-order valence-electron chi connectivity index (χ0n) is 22.6. The molecular weight excluding hydrogens is 542 g/mol. The second kappa shape index (κ2) is 11.8. The summed E-state index contributed by atoms with van der Waals surface area (Å²) < 4.78 is 16.1. The summed E-state index contributed by atoms with van der Waals surface area (Å²) >= 11 is 1.37. The summed E-state index contributed by atoms with van der Waals surface area (Å²) in [6, 6.07) is 20.8. The van der Waals surface area contributed by atoms with Crippen molar-refractivity contribution in [2.24, 2.45) is 0 Å². The fraction of sp³-hybridized carbons (Fsp3) is 0.267. The molecule has 41 heavy (non-hydrogen) atoms. The number of ether oxygens (including phenoxy) is 3. The van der Waals surface area contributed by atoms with E-state index in [0.717, 1.165) is 28.4 Å². The number of methoxy groups -OCH3 is 1. The van der Waals surface area contributed by atoms with Crippen molar-refractivity contribution in [3.63, 3.8) is 0 Å². The number of hydrogen-bond acceptors (Lipinski definition) is 9. The van der Waals surface area contributed by atoms with Gasteiger partial charge < -0.3 is 28.9 Å². The average Bonchev–Trinajstić information content (AvgIpc) is 3.73. The van der Waals surface area contributed by atoms with Gasteiger partial charge in [0.1, 0.15) is 12.3 Å². The number of amides is 2. The molecule has 11 heteroatoms. The van der Waals surface area contributed by atoms with Gasteiger partial charge in [-0.2, -0.15) is 0 Å². The number of rotatable bonds is 8. The molecule has 4 heterocycles. The van der Waals surface area contributed by atoms with Gasteiger partial charge in [-0.1, -0.05) is 12.1 Å². The molecule has 2 amide bonds. The molecule has 0 bridgehead atoms. The summed E-state index contributed by atoms with van der Waals surface area (Å²) in [5.74, 6) is 2.63. The highest BCUT2D eigenvalue weighted by molar-refractivity contribution is 7.12.